The Bertz CT molecular complexity index is 595. The number of hydrogen-bond donors (Lipinski definition) is 1. The van der Waals surface area contributed by atoms with E-state index in [0.29, 0.717) is 12.0 Å². The number of carbonyl (C=O) groups is 1. The first-order valence-electron chi connectivity index (χ1n) is 6.75. The lowest BCUT2D eigenvalue weighted by Gasteiger charge is -2.03. The maximum atomic E-state index is 11.0. The molecule has 0 saturated carbocycles. The molecule has 2 aromatic rings. The van der Waals surface area contributed by atoms with E-state index in [1.54, 1.807) is 6.08 Å². The zero-order valence-corrected chi connectivity index (χ0v) is 11.5. The van der Waals surface area contributed by atoms with Crippen molar-refractivity contribution in [3.8, 4) is 0 Å². The van der Waals surface area contributed by atoms with Crippen molar-refractivity contribution in [2.24, 2.45) is 0 Å². The Balaban J connectivity index is 2.12. The maximum Gasteiger partial charge on any atom is 0.331 e. The van der Waals surface area contributed by atoms with Crippen LogP contribution in [-0.2, 0) is 11.2 Å². The fourth-order valence-corrected chi connectivity index (χ4v) is 2.08. The van der Waals surface area contributed by atoms with Gasteiger partial charge in [0.15, 0.2) is 0 Å². The second kappa shape index (κ2) is 6.71. The van der Waals surface area contributed by atoms with Crippen LogP contribution in [0.15, 0.2) is 60.2 Å². The van der Waals surface area contributed by atoms with Crippen LogP contribution >= 0.6 is 0 Å². The zero-order valence-electron chi connectivity index (χ0n) is 11.5. The van der Waals surface area contributed by atoms with Gasteiger partial charge >= 0.3 is 5.97 Å². The number of carboxylic acids is 1. The lowest BCUT2D eigenvalue weighted by Crippen LogP contribution is -1.98. The van der Waals surface area contributed by atoms with Gasteiger partial charge in [0.05, 0.1) is 0 Å². The van der Waals surface area contributed by atoms with E-state index in [1.165, 1.54) is 11.1 Å². The molecule has 1 N–H and O–H groups in total. The summed E-state index contributed by atoms with van der Waals surface area (Å²) in [5, 5.41) is 9.02. The lowest BCUT2D eigenvalue weighted by atomic mass is 10.0. The summed E-state index contributed by atoms with van der Waals surface area (Å²) in [5.41, 5.74) is 3.86. The van der Waals surface area contributed by atoms with E-state index in [9.17, 15) is 4.79 Å². The van der Waals surface area contributed by atoms with E-state index >= 15 is 0 Å². The molecule has 0 aromatic heterocycles. The van der Waals surface area contributed by atoms with Crippen LogP contribution in [0.3, 0.4) is 0 Å². The second-order valence-electron chi connectivity index (χ2n) is 4.73. The van der Waals surface area contributed by atoms with Crippen molar-refractivity contribution in [3.05, 3.63) is 76.9 Å². The average molecular weight is 266 g/mol. The summed E-state index contributed by atoms with van der Waals surface area (Å²) < 4.78 is 0. The molecule has 0 aliphatic heterocycles. The fourth-order valence-electron chi connectivity index (χ4n) is 2.08. The monoisotopic (exact) mass is 266 g/mol. The van der Waals surface area contributed by atoms with E-state index in [1.807, 2.05) is 49.4 Å². The molecule has 2 nitrogen and oxygen atoms in total. The molecule has 0 amide bonds. The third-order valence-electron chi connectivity index (χ3n) is 3.23. The van der Waals surface area contributed by atoms with Crippen molar-refractivity contribution in [1.82, 2.24) is 0 Å². The highest BCUT2D eigenvalue weighted by Crippen LogP contribution is 2.14. The molecule has 0 heterocycles. The van der Waals surface area contributed by atoms with E-state index in [-0.39, 0.29) is 0 Å². The third kappa shape index (κ3) is 3.82. The van der Waals surface area contributed by atoms with Crippen molar-refractivity contribution >= 4 is 12.0 Å². The Labute approximate surface area is 119 Å². The zero-order chi connectivity index (χ0) is 14.4. The minimum absolute atomic E-state index is 0.431. The molecule has 0 atom stereocenters. The summed E-state index contributed by atoms with van der Waals surface area (Å²) in [6.07, 6.45) is 3.15. The number of benzene rings is 2. The molecule has 2 rings (SSSR count). The lowest BCUT2D eigenvalue weighted by molar-refractivity contribution is -0.132. The molecule has 0 aliphatic rings. The molecule has 0 bridgehead atoms. The molecule has 0 aliphatic carbocycles. The van der Waals surface area contributed by atoms with Crippen LogP contribution in [0.2, 0.25) is 0 Å². The number of hydrogen-bond acceptors (Lipinski definition) is 1. The standard InChI is InChI=1S/C18H18O2/c1-2-17(18(19)20)13-16-10-8-15(9-11-16)12-14-6-4-3-5-7-14/h3-11,13H,2,12H2,1H3,(H,19,20). The minimum atomic E-state index is -0.846. The Morgan fingerprint density at radius 1 is 1.00 bits per heavy atom. The number of aliphatic carboxylic acids is 1. The highest BCUT2D eigenvalue weighted by molar-refractivity contribution is 5.92. The van der Waals surface area contributed by atoms with Gasteiger partial charge in [-0.3, -0.25) is 0 Å². The Morgan fingerprint density at radius 3 is 2.15 bits per heavy atom. The van der Waals surface area contributed by atoms with Crippen LogP contribution in [-0.4, -0.2) is 11.1 Å². The predicted molar refractivity (Wildman–Crippen MR) is 81.6 cm³/mol. The Morgan fingerprint density at radius 2 is 1.60 bits per heavy atom. The van der Waals surface area contributed by atoms with Gasteiger partial charge in [0, 0.05) is 5.57 Å². The highest BCUT2D eigenvalue weighted by atomic mass is 16.4. The second-order valence-corrected chi connectivity index (χ2v) is 4.73. The predicted octanol–water partition coefficient (Wildman–Crippen LogP) is 4.16. The molecular weight excluding hydrogens is 248 g/mol. The van der Waals surface area contributed by atoms with Crippen LogP contribution in [0, 0.1) is 0 Å². The first kappa shape index (κ1) is 14.1. The summed E-state index contributed by atoms with van der Waals surface area (Å²) in [4.78, 5) is 11.0. The average Bonchev–Trinajstić information content (AvgIpc) is 2.47. The van der Waals surface area contributed by atoms with Gasteiger partial charge in [-0.15, -0.1) is 0 Å². The topological polar surface area (TPSA) is 37.3 Å². The first-order chi connectivity index (χ1) is 9.69. The molecule has 0 fully saturated rings. The van der Waals surface area contributed by atoms with Gasteiger partial charge in [-0.1, -0.05) is 61.5 Å². The molecule has 2 aromatic carbocycles. The van der Waals surface area contributed by atoms with Crippen molar-refractivity contribution in [2.45, 2.75) is 19.8 Å². The molecule has 20 heavy (non-hydrogen) atoms. The van der Waals surface area contributed by atoms with Crippen molar-refractivity contribution in [3.63, 3.8) is 0 Å². The van der Waals surface area contributed by atoms with Gasteiger partial charge in [-0.05, 0) is 35.6 Å². The summed E-state index contributed by atoms with van der Waals surface area (Å²) in [6.45, 7) is 1.85. The van der Waals surface area contributed by atoms with Gasteiger partial charge in [0.25, 0.3) is 0 Å². The Hall–Kier alpha value is -2.35. The summed E-state index contributed by atoms with van der Waals surface area (Å²) in [6, 6.07) is 18.3. The quantitative estimate of drug-likeness (QED) is 0.825. The largest absolute Gasteiger partial charge is 0.478 e. The fraction of sp³-hybridized carbons (Fsp3) is 0.167. The molecule has 0 radical (unpaired) electrons. The Kier molecular flexibility index (Phi) is 4.72. The van der Waals surface area contributed by atoms with Crippen LogP contribution in [0.25, 0.3) is 6.08 Å². The van der Waals surface area contributed by atoms with Gasteiger partial charge in [0.2, 0.25) is 0 Å². The van der Waals surface area contributed by atoms with E-state index < -0.39 is 5.97 Å². The number of rotatable bonds is 5. The van der Waals surface area contributed by atoms with E-state index in [2.05, 4.69) is 12.1 Å². The number of carboxylic acid groups (broad SMARTS) is 1. The van der Waals surface area contributed by atoms with Gasteiger partial charge in [0.1, 0.15) is 0 Å². The van der Waals surface area contributed by atoms with Crippen molar-refractivity contribution in [2.75, 3.05) is 0 Å². The molecule has 0 saturated heterocycles. The maximum absolute atomic E-state index is 11.0. The van der Waals surface area contributed by atoms with Gasteiger partial charge < -0.3 is 5.11 Å². The molecule has 0 unspecified atom stereocenters. The minimum Gasteiger partial charge on any atom is -0.478 e. The molecule has 0 spiro atoms. The highest BCUT2D eigenvalue weighted by Gasteiger charge is 2.04. The molecule has 2 heteroatoms. The van der Waals surface area contributed by atoms with Gasteiger partial charge in [-0.25, -0.2) is 4.79 Å². The molecule has 102 valence electrons. The van der Waals surface area contributed by atoms with Gasteiger partial charge in [-0.2, -0.15) is 0 Å². The third-order valence-corrected chi connectivity index (χ3v) is 3.23. The summed E-state index contributed by atoms with van der Waals surface area (Å²) in [7, 11) is 0. The normalized spacial score (nSPS) is 11.3. The SMILES string of the molecule is CCC(=Cc1ccc(Cc2ccccc2)cc1)C(=O)O. The molecular formula is C18H18O2. The first-order valence-corrected chi connectivity index (χ1v) is 6.75. The van der Waals surface area contributed by atoms with E-state index in [4.69, 9.17) is 5.11 Å². The van der Waals surface area contributed by atoms with E-state index in [0.717, 1.165) is 12.0 Å². The summed E-state index contributed by atoms with van der Waals surface area (Å²) >= 11 is 0. The smallest absolute Gasteiger partial charge is 0.331 e. The van der Waals surface area contributed by atoms with Crippen molar-refractivity contribution in [1.29, 1.82) is 0 Å². The van der Waals surface area contributed by atoms with Crippen LogP contribution in [0.4, 0.5) is 0 Å². The van der Waals surface area contributed by atoms with Crippen LogP contribution in [0.1, 0.15) is 30.0 Å². The van der Waals surface area contributed by atoms with Crippen molar-refractivity contribution < 1.29 is 9.90 Å². The van der Waals surface area contributed by atoms with Crippen LogP contribution < -0.4 is 0 Å². The van der Waals surface area contributed by atoms with Crippen LogP contribution in [0.5, 0.6) is 0 Å². The summed E-state index contributed by atoms with van der Waals surface area (Å²) in [5.74, 6) is -0.846.